The molecule has 0 aromatic carbocycles. The minimum Gasteiger partial charge on any atom is -0.444 e. The van der Waals surface area contributed by atoms with E-state index >= 15 is 0 Å². The molecule has 0 bridgehead atoms. The van der Waals surface area contributed by atoms with E-state index in [4.69, 9.17) is 4.74 Å². The van der Waals surface area contributed by atoms with Gasteiger partial charge in [-0.25, -0.2) is 13.6 Å². The molecule has 1 aliphatic carbocycles. The van der Waals surface area contributed by atoms with Crippen LogP contribution in [0.25, 0.3) is 0 Å². The summed E-state index contributed by atoms with van der Waals surface area (Å²) in [5.74, 6) is 0. The van der Waals surface area contributed by atoms with Crippen molar-refractivity contribution < 1.29 is 18.3 Å². The molecule has 0 radical (unpaired) electrons. The molecule has 124 valence electrons. The molecule has 4 nitrogen and oxygen atoms in total. The van der Waals surface area contributed by atoms with Gasteiger partial charge in [0.05, 0.1) is 5.54 Å². The van der Waals surface area contributed by atoms with Crippen LogP contribution in [0, 0.1) is 0 Å². The normalized spacial score (nSPS) is 24.0. The quantitative estimate of drug-likeness (QED) is 0.836. The number of carbonyl (C=O) groups is 1. The summed E-state index contributed by atoms with van der Waals surface area (Å²) < 4.78 is 30.9. The molecule has 1 aliphatic rings. The first-order valence-corrected chi connectivity index (χ1v) is 7.55. The molecule has 0 saturated heterocycles. The molecular weight excluding hydrogens is 278 g/mol. The van der Waals surface area contributed by atoms with Crippen molar-refractivity contribution in [2.75, 3.05) is 0 Å². The van der Waals surface area contributed by atoms with Gasteiger partial charge in [-0.05, 0) is 60.3 Å². The monoisotopic (exact) mass is 306 g/mol. The second-order valence-corrected chi connectivity index (χ2v) is 7.36. The van der Waals surface area contributed by atoms with Crippen LogP contribution in [0.5, 0.6) is 0 Å². The molecular formula is C15H28F2N2O2. The van der Waals surface area contributed by atoms with Gasteiger partial charge < -0.3 is 15.4 Å². The maximum Gasteiger partial charge on any atom is 0.407 e. The van der Waals surface area contributed by atoms with Gasteiger partial charge in [-0.15, -0.1) is 0 Å². The first-order valence-electron chi connectivity index (χ1n) is 7.55. The van der Waals surface area contributed by atoms with E-state index in [1.807, 2.05) is 20.8 Å². The highest BCUT2D eigenvalue weighted by molar-refractivity contribution is 5.68. The van der Waals surface area contributed by atoms with E-state index in [1.54, 1.807) is 0 Å². The fraction of sp³-hybridized carbons (Fsp3) is 0.933. The van der Waals surface area contributed by atoms with Crippen LogP contribution < -0.4 is 10.6 Å². The van der Waals surface area contributed by atoms with Gasteiger partial charge in [0.1, 0.15) is 5.60 Å². The van der Waals surface area contributed by atoms with E-state index in [0.29, 0.717) is 0 Å². The second-order valence-electron chi connectivity index (χ2n) is 7.36. The molecule has 0 heterocycles. The second kappa shape index (κ2) is 6.90. The van der Waals surface area contributed by atoms with Gasteiger partial charge in [0, 0.05) is 12.1 Å². The molecule has 0 aliphatic heterocycles. The lowest BCUT2D eigenvalue weighted by molar-refractivity contribution is 0.0375. The number of nitrogens with one attached hydrogen (secondary N) is 2. The van der Waals surface area contributed by atoms with Crippen molar-refractivity contribution in [3.8, 4) is 0 Å². The number of halogens is 2. The summed E-state index contributed by atoms with van der Waals surface area (Å²) in [7, 11) is 0. The zero-order valence-corrected chi connectivity index (χ0v) is 13.6. The third-order valence-electron chi connectivity index (χ3n) is 3.57. The average molecular weight is 306 g/mol. The third kappa shape index (κ3) is 6.59. The van der Waals surface area contributed by atoms with Gasteiger partial charge in [-0.2, -0.15) is 0 Å². The Kier molecular flexibility index (Phi) is 5.96. The summed E-state index contributed by atoms with van der Waals surface area (Å²) in [6.45, 7) is 8.49. The Bertz CT molecular complexity index is 346. The summed E-state index contributed by atoms with van der Waals surface area (Å²) in [5.41, 5.74) is -1.68. The van der Waals surface area contributed by atoms with Gasteiger partial charge in [0.2, 0.25) is 0 Å². The summed E-state index contributed by atoms with van der Waals surface area (Å²) in [6.07, 6.45) is 0.293. The number of alkyl halides is 2. The highest BCUT2D eigenvalue weighted by Crippen LogP contribution is 2.23. The van der Waals surface area contributed by atoms with Crippen LogP contribution in [0.3, 0.4) is 0 Å². The lowest BCUT2D eigenvalue weighted by Gasteiger charge is -2.36. The van der Waals surface area contributed by atoms with Crippen molar-refractivity contribution in [1.82, 2.24) is 10.6 Å². The van der Waals surface area contributed by atoms with Crippen LogP contribution in [-0.2, 0) is 4.74 Å². The lowest BCUT2D eigenvalue weighted by atomic mass is 9.89. The molecule has 1 fully saturated rings. The van der Waals surface area contributed by atoms with Gasteiger partial charge >= 0.3 is 6.09 Å². The van der Waals surface area contributed by atoms with Crippen LogP contribution >= 0.6 is 0 Å². The van der Waals surface area contributed by atoms with Crippen molar-refractivity contribution in [2.45, 2.75) is 90.0 Å². The SMILES string of the molecule is CC(C)(C)OC(=O)NC1CCC(NC(C)(C)C(F)F)CC1. The van der Waals surface area contributed by atoms with Crippen molar-refractivity contribution in [3.05, 3.63) is 0 Å². The van der Waals surface area contributed by atoms with E-state index in [2.05, 4.69) is 10.6 Å². The van der Waals surface area contributed by atoms with Crippen molar-refractivity contribution >= 4 is 6.09 Å². The average Bonchev–Trinajstić information content (AvgIpc) is 2.28. The van der Waals surface area contributed by atoms with Crippen LogP contribution in [0.4, 0.5) is 13.6 Å². The number of rotatable bonds is 4. The fourth-order valence-electron chi connectivity index (χ4n) is 2.45. The third-order valence-corrected chi connectivity index (χ3v) is 3.57. The smallest absolute Gasteiger partial charge is 0.407 e. The van der Waals surface area contributed by atoms with Gasteiger partial charge in [0.25, 0.3) is 6.43 Å². The van der Waals surface area contributed by atoms with Gasteiger partial charge in [-0.3, -0.25) is 0 Å². The Morgan fingerprint density at radius 1 is 1.05 bits per heavy atom. The summed E-state index contributed by atoms with van der Waals surface area (Å²) >= 11 is 0. The summed E-state index contributed by atoms with van der Waals surface area (Å²) in [5, 5.41) is 5.86. The van der Waals surface area contributed by atoms with E-state index in [1.165, 1.54) is 13.8 Å². The van der Waals surface area contributed by atoms with Crippen molar-refractivity contribution in [1.29, 1.82) is 0 Å². The van der Waals surface area contributed by atoms with Gasteiger partial charge in [0.15, 0.2) is 0 Å². The van der Waals surface area contributed by atoms with E-state index in [-0.39, 0.29) is 12.1 Å². The Balaban J connectivity index is 2.34. The molecule has 0 aromatic rings. The Morgan fingerprint density at radius 3 is 1.95 bits per heavy atom. The minimum atomic E-state index is -2.39. The highest BCUT2D eigenvalue weighted by Gasteiger charge is 2.33. The van der Waals surface area contributed by atoms with Crippen LogP contribution in [-0.4, -0.2) is 35.7 Å². The Morgan fingerprint density at radius 2 is 1.52 bits per heavy atom. The number of ether oxygens (including phenoxy) is 1. The number of amides is 1. The molecule has 1 saturated carbocycles. The van der Waals surface area contributed by atoms with E-state index < -0.39 is 23.7 Å². The summed E-state index contributed by atoms with van der Waals surface area (Å²) in [4.78, 5) is 11.7. The Labute approximate surface area is 126 Å². The predicted molar refractivity (Wildman–Crippen MR) is 78.6 cm³/mol. The minimum absolute atomic E-state index is 0.0626. The van der Waals surface area contributed by atoms with E-state index in [0.717, 1.165) is 25.7 Å². The van der Waals surface area contributed by atoms with Crippen LogP contribution in [0.15, 0.2) is 0 Å². The number of alkyl carbamates (subject to hydrolysis) is 1. The van der Waals surface area contributed by atoms with Gasteiger partial charge in [-0.1, -0.05) is 0 Å². The maximum absolute atomic E-state index is 12.8. The first-order chi connectivity index (χ1) is 9.49. The standard InChI is InChI=1S/C15H28F2N2O2/c1-14(2,3)21-13(20)18-10-6-8-11(9-7-10)19-15(4,5)12(16)17/h10-12,19H,6-9H2,1-5H3,(H,18,20). The number of hydrogen-bond donors (Lipinski definition) is 2. The predicted octanol–water partition coefficient (Wildman–Crippen LogP) is 3.46. The maximum atomic E-state index is 12.8. The largest absolute Gasteiger partial charge is 0.444 e. The Hall–Kier alpha value is -0.910. The molecule has 1 rings (SSSR count). The number of hydrogen-bond acceptors (Lipinski definition) is 3. The molecule has 0 atom stereocenters. The topological polar surface area (TPSA) is 50.4 Å². The lowest BCUT2D eigenvalue weighted by Crippen LogP contribution is -2.53. The van der Waals surface area contributed by atoms with E-state index in [9.17, 15) is 13.6 Å². The zero-order valence-electron chi connectivity index (χ0n) is 13.6. The van der Waals surface area contributed by atoms with Crippen LogP contribution in [0.1, 0.15) is 60.3 Å². The first kappa shape index (κ1) is 18.1. The molecule has 0 spiro atoms. The van der Waals surface area contributed by atoms with Crippen molar-refractivity contribution in [3.63, 3.8) is 0 Å². The summed E-state index contributed by atoms with van der Waals surface area (Å²) in [6, 6.07) is 0.137. The molecule has 0 aromatic heterocycles. The zero-order chi connectivity index (χ0) is 16.3. The number of carbonyl (C=O) groups excluding carboxylic acids is 1. The molecule has 6 heteroatoms. The molecule has 1 amide bonds. The molecule has 0 unspecified atom stereocenters. The van der Waals surface area contributed by atoms with Crippen molar-refractivity contribution in [2.24, 2.45) is 0 Å². The highest BCUT2D eigenvalue weighted by atomic mass is 19.3. The van der Waals surface area contributed by atoms with Crippen LogP contribution in [0.2, 0.25) is 0 Å². The molecule has 21 heavy (non-hydrogen) atoms. The molecule has 2 N–H and O–H groups in total. The fourth-order valence-corrected chi connectivity index (χ4v) is 2.45.